The summed E-state index contributed by atoms with van der Waals surface area (Å²) in [6.45, 7) is -1.12. The van der Waals surface area contributed by atoms with Gasteiger partial charge in [0.15, 0.2) is 17.5 Å². The Bertz CT molecular complexity index is 1040. The SMILES string of the molecule is CC(CF)(CF)[C@H](CC(=O)O)Nc1nc(-c2c[nH]c3ncc(F)cc23)ncc1F. The zero-order valence-corrected chi connectivity index (χ0v) is 15.2. The number of anilines is 1. The van der Waals surface area contributed by atoms with E-state index in [1.54, 1.807) is 0 Å². The molecule has 3 heterocycles. The Morgan fingerprint density at radius 1 is 1.28 bits per heavy atom. The van der Waals surface area contributed by atoms with Crippen molar-refractivity contribution in [2.24, 2.45) is 5.41 Å². The van der Waals surface area contributed by atoms with Crippen molar-refractivity contribution in [1.82, 2.24) is 19.9 Å². The van der Waals surface area contributed by atoms with Gasteiger partial charge in [0.05, 0.1) is 32.2 Å². The number of nitrogens with zero attached hydrogens (tertiary/aromatic N) is 3. The highest BCUT2D eigenvalue weighted by Crippen LogP contribution is 2.31. The number of nitrogens with one attached hydrogen (secondary N) is 2. The number of carboxylic acid groups (broad SMARTS) is 1. The first-order valence-corrected chi connectivity index (χ1v) is 8.53. The first-order valence-electron chi connectivity index (χ1n) is 8.53. The number of aromatic amines is 1. The lowest BCUT2D eigenvalue weighted by molar-refractivity contribution is -0.138. The quantitative estimate of drug-likeness (QED) is 0.490. The maximum atomic E-state index is 14.3. The molecule has 0 amide bonds. The fourth-order valence-electron chi connectivity index (χ4n) is 2.79. The van der Waals surface area contributed by atoms with Crippen LogP contribution in [-0.2, 0) is 4.79 Å². The standard InChI is InChI=1S/C18H17F4N5O2/c1-18(7-19,8-20)13(3-14(28)29)26-17-12(22)6-25-16(27-17)11-5-24-15-10(11)2-9(21)4-23-15/h2,4-6,13H,3,7-8H2,1H3,(H,23,24)(H,28,29)(H,25,26,27)/t13-/m0/s1. The molecule has 3 aromatic heterocycles. The summed E-state index contributed by atoms with van der Waals surface area (Å²) in [7, 11) is 0. The van der Waals surface area contributed by atoms with Gasteiger partial charge in [-0.05, 0) is 6.07 Å². The van der Waals surface area contributed by atoms with Crippen molar-refractivity contribution in [1.29, 1.82) is 0 Å². The van der Waals surface area contributed by atoms with Crippen molar-refractivity contribution in [3.05, 3.63) is 36.3 Å². The van der Waals surface area contributed by atoms with Gasteiger partial charge in [-0.1, -0.05) is 6.92 Å². The van der Waals surface area contributed by atoms with Crippen molar-refractivity contribution < 1.29 is 27.5 Å². The number of carboxylic acids is 1. The van der Waals surface area contributed by atoms with Crippen LogP contribution in [0.3, 0.4) is 0 Å². The Hall–Kier alpha value is -3.24. The minimum atomic E-state index is -1.70. The zero-order valence-electron chi connectivity index (χ0n) is 15.2. The molecule has 0 spiro atoms. The number of H-pyrrole nitrogens is 1. The third-order valence-corrected chi connectivity index (χ3v) is 4.62. The summed E-state index contributed by atoms with van der Waals surface area (Å²) in [6.07, 6.45) is 2.64. The topological polar surface area (TPSA) is 104 Å². The highest BCUT2D eigenvalue weighted by Gasteiger charge is 2.37. The van der Waals surface area contributed by atoms with Gasteiger partial charge in [0.1, 0.15) is 11.5 Å². The minimum absolute atomic E-state index is 0.0103. The smallest absolute Gasteiger partial charge is 0.305 e. The lowest BCUT2D eigenvalue weighted by Gasteiger charge is -2.33. The fraction of sp³-hybridized carbons (Fsp3) is 0.333. The van der Waals surface area contributed by atoms with Crippen molar-refractivity contribution in [2.45, 2.75) is 19.4 Å². The molecule has 0 aliphatic heterocycles. The molecule has 154 valence electrons. The zero-order chi connectivity index (χ0) is 21.2. The molecule has 0 saturated heterocycles. The first kappa shape index (κ1) is 20.5. The van der Waals surface area contributed by atoms with Crippen LogP contribution in [0.1, 0.15) is 13.3 Å². The van der Waals surface area contributed by atoms with E-state index >= 15 is 0 Å². The summed E-state index contributed by atoms with van der Waals surface area (Å²) in [6, 6.07) is -0.0841. The number of aromatic nitrogens is 4. The second-order valence-electron chi connectivity index (χ2n) is 6.86. The summed E-state index contributed by atoms with van der Waals surface area (Å²) in [5.74, 6) is -3.28. The number of aliphatic carboxylic acids is 1. The monoisotopic (exact) mass is 411 g/mol. The maximum absolute atomic E-state index is 14.3. The lowest BCUT2D eigenvalue weighted by atomic mass is 9.83. The third-order valence-electron chi connectivity index (χ3n) is 4.62. The third kappa shape index (κ3) is 4.13. The predicted molar refractivity (Wildman–Crippen MR) is 96.8 cm³/mol. The Labute approximate surface area is 162 Å². The van der Waals surface area contributed by atoms with Gasteiger partial charge in [-0.3, -0.25) is 13.6 Å². The van der Waals surface area contributed by atoms with Gasteiger partial charge in [-0.25, -0.2) is 23.7 Å². The van der Waals surface area contributed by atoms with E-state index in [0.717, 1.165) is 12.4 Å². The number of alkyl halides is 2. The molecule has 3 aromatic rings. The predicted octanol–water partition coefficient (Wildman–Crippen LogP) is 3.50. The molecule has 0 bridgehead atoms. The summed E-state index contributed by atoms with van der Waals surface area (Å²) in [5.41, 5.74) is -1.03. The average Bonchev–Trinajstić information content (AvgIpc) is 3.11. The fourth-order valence-corrected chi connectivity index (χ4v) is 2.79. The molecule has 1 atom stereocenters. The van der Waals surface area contributed by atoms with E-state index in [-0.39, 0.29) is 5.82 Å². The van der Waals surface area contributed by atoms with Crippen molar-refractivity contribution in [3.63, 3.8) is 0 Å². The Morgan fingerprint density at radius 3 is 2.66 bits per heavy atom. The molecule has 11 heteroatoms. The molecule has 3 rings (SSSR count). The summed E-state index contributed by atoms with van der Waals surface area (Å²) in [4.78, 5) is 25.7. The van der Waals surface area contributed by atoms with Crippen molar-refractivity contribution in [2.75, 3.05) is 18.7 Å². The summed E-state index contributed by atoms with van der Waals surface area (Å²) < 4.78 is 54.7. The number of halogens is 4. The van der Waals surface area contributed by atoms with Crippen LogP contribution in [0.4, 0.5) is 23.4 Å². The number of carbonyl (C=O) groups is 1. The molecule has 0 aliphatic rings. The van der Waals surface area contributed by atoms with Gasteiger partial charge >= 0.3 is 5.97 Å². The van der Waals surface area contributed by atoms with Gasteiger partial charge in [-0.2, -0.15) is 0 Å². The number of hydrogen-bond acceptors (Lipinski definition) is 5. The minimum Gasteiger partial charge on any atom is -0.481 e. The van der Waals surface area contributed by atoms with Crippen LogP contribution in [0.2, 0.25) is 0 Å². The lowest BCUT2D eigenvalue weighted by Crippen LogP contribution is -2.43. The van der Waals surface area contributed by atoms with Crippen LogP contribution in [0.25, 0.3) is 22.4 Å². The summed E-state index contributed by atoms with van der Waals surface area (Å²) in [5, 5.41) is 11.9. The number of pyridine rings is 1. The van der Waals surface area contributed by atoms with E-state index in [2.05, 4.69) is 25.3 Å². The van der Waals surface area contributed by atoms with Gasteiger partial charge < -0.3 is 15.4 Å². The van der Waals surface area contributed by atoms with Crippen LogP contribution in [-0.4, -0.2) is 50.4 Å². The number of fused-ring (bicyclic) bond motifs is 1. The van der Waals surface area contributed by atoms with Gasteiger partial charge in [-0.15, -0.1) is 0 Å². The normalized spacial score (nSPS) is 12.9. The van der Waals surface area contributed by atoms with E-state index < -0.39 is 54.6 Å². The second-order valence-corrected chi connectivity index (χ2v) is 6.86. The molecule has 7 nitrogen and oxygen atoms in total. The van der Waals surface area contributed by atoms with E-state index in [1.807, 2.05) is 0 Å². The molecule has 3 N–H and O–H groups in total. The Morgan fingerprint density at radius 2 is 2.00 bits per heavy atom. The molecule has 0 unspecified atom stereocenters. The van der Waals surface area contributed by atoms with Crippen LogP contribution in [0.5, 0.6) is 0 Å². The van der Waals surface area contributed by atoms with E-state index in [4.69, 9.17) is 5.11 Å². The van der Waals surface area contributed by atoms with E-state index in [0.29, 0.717) is 16.6 Å². The van der Waals surface area contributed by atoms with Crippen molar-refractivity contribution in [3.8, 4) is 11.4 Å². The van der Waals surface area contributed by atoms with E-state index in [1.165, 1.54) is 19.2 Å². The Kier molecular flexibility index (Phi) is 5.66. The Balaban J connectivity index is 2.01. The number of hydrogen-bond donors (Lipinski definition) is 3. The largest absolute Gasteiger partial charge is 0.481 e. The van der Waals surface area contributed by atoms with E-state index in [9.17, 15) is 22.4 Å². The first-order chi connectivity index (χ1) is 13.8. The molecule has 0 saturated carbocycles. The van der Waals surface area contributed by atoms with Gasteiger partial charge in [0.25, 0.3) is 0 Å². The van der Waals surface area contributed by atoms with Crippen LogP contribution < -0.4 is 5.32 Å². The number of rotatable bonds is 8. The molecule has 0 aliphatic carbocycles. The molecule has 29 heavy (non-hydrogen) atoms. The van der Waals surface area contributed by atoms with Crippen LogP contribution in [0, 0.1) is 17.0 Å². The van der Waals surface area contributed by atoms with Crippen LogP contribution in [0.15, 0.2) is 24.7 Å². The van der Waals surface area contributed by atoms with Gasteiger partial charge in [0.2, 0.25) is 0 Å². The molecular formula is C18H17F4N5O2. The molecular weight excluding hydrogens is 394 g/mol. The molecule has 0 aromatic carbocycles. The average molecular weight is 411 g/mol. The maximum Gasteiger partial charge on any atom is 0.305 e. The molecule has 0 radical (unpaired) electrons. The van der Waals surface area contributed by atoms with Crippen LogP contribution >= 0.6 is 0 Å². The second kappa shape index (κ2) is 8.02. The summed E-state index contributed by atoms with van der Waals surface area (Å²) >= 11 is 0. The highest BCUT2D eigenvalue weighted by molar-refractivity contribution is 5.91. The highest BCUT2D eigenvalue weighted by atomic mass is 19.1. The molecule has 0 fully saturated rings. The van der Waals surface area contributed by atoms with Crippen molar-refractivity contribution >= 4 is 22.8 Å². The van der Waals surface area contributed by atoms with Gasteiger partial charge in [0, 0.05) is 28.6 Å².